The molecule has 0 fully saturated rings. The van der Waals surface area contributed by atoms with Crippen molar-refractivity contribution < 1.29 is 0 Å². The van der Waals surface area contributed by atoms with Gasteiger partial charge in [0.25, 0.3) is 0 Å². The van der Waals surface area contributed by atoms with Crippen LogP contribution in [0.15, 0.2) is 66.0 Å². The van der Waals surface area contributed by atoms with E-state index in [-0.39, 0.29) is 0 Å². The van der Waals surface area contributed by atoms with Crippen LogP contribution in [0, 0.1) is 0 Å². The Bertz CT molecular complexity index is 631. The molecule has 0 aliphatic carbocycles. The molecular weight excluding hydrogens is 248 g/mol. The monoisotopic (exact) mass is 264 g/mol. The second kappa shape index (κ2) is 5.41. The molecular formula is C18H16S. The van der Waals surface area contributed by atoms with Crippen molar-refractivity contribution in [3.63, 3.8) is 0 Å². The zero-order valence-electron chi connectivity index (χ0n) is 11.0. The summed E-state index contributed by atoms with van der Waals surface area (Å²) >= 11 is 1.78. The fourth-order valence-electron chi connectivity index (χ4n) is 2.20. The first-order valence-corrected chi connectivity index (χ1v) is 7.48. The van der Waals surface area contributed by atoms with Crippen LogP contribution in [0.3, 0.4) is 0 Å². The van der Waals surface area contributed by atoms with E-state index >= 15 is 0 Å². The molecule has 0 spiro atoms. The number of thiophene rings is 1. The van der Waals surface area contributed by atoms with Crippen LogP contribution in [0.5, 0.6) is 0 Å². The van der Waals surface area contributed by atoms with Gasteiger partial charge in [-0.15, -0.1) is 11.3 Å². The molecule has 0 atom stereocenters. The molecule has 0 N–H and O–H groups in total. The summed E-state index contributed by atoms with van der Waals surface area (Å²) in [5.41, 5.74) is 5.25. The highest BCUT2D eigenvalue weighted by Gasteiger charge is 2.01. The Balaban J connectivity index is 1.89. The maximum Gasteiger partial charge on any atom is 0.0342 e. The van der Waals surface area contributed by atoms with Crippen LogP contribution in [0.4, 0.5) is 0 Å². The van der Waals surface area contributed by atoms with E-state index in [4.69, 9.17) is 0 Å². The molecule has 94 valence electrons. The second-order valence-electron chi connectivity index (χ2n) is 4.61. The SMILES string of the molecule is CCc1ccc(-c2ccc(-c3cccs3)cc2)cc1. The Morgan fingerprint density at radius 1 is 0.737 bits per heavy atom. The summed E-state index contributed by atoms with van der Waals surface area (Å²) in [6, 6.07) is 21.9. The third kappa shape index (κ3) is 2.61. The van der Waals surface area contributed by atoms with Crippen LogP contribution >= 0.6 is 11.3 Å². The van der Waals surface area contributed by atoms with Crippen LogP contribution < -0.4 is 0 Å². The molecule has 3 rings (SSSR count). The van der Waals surface area contributed by atoms with E-state index in [9.17, 15) is 0 Å². The van der Waals surface area contributed by atoms with Gasteiger partial charge in [0.2, 0.25) is 0 Å². The molecule has 0 unspecified atom stereocenters. The van der Waals surface area contributed by atoms with Gasteiger partial charge in [-0.05, 0) is 40.1 Å². The van der Waals surface area contributed by atoms with Gasteiger partial charge in [-0.1, -0.05) is 61.5 Å². The Kier molecular flexibility index (Phi) is 3.47. The first kappa shape index (κ1) is 12.2. The standard InChI is InChI=1S/C18H16S/c1-2-14-5-7-15(8-6-14)16-9-11-17(12-10-16)18-4-3-13-19-18/h3-13H,2H2,1H3. The van der Waals surface area contributed by atoms with Crippen molar-refractivity contribution in [2.24, 2.45) is 0 Å². The zero-order chi connectivity index (χ0) is 13.1. The van der Waals surface area contributed by atoms with Gasteiger partial charge < -0.3 is 0 Å². The van der Waals surface area contributed by atoms with Gasteiger partial charge in [0.1, 0.15) is 0 Å². The number of hydrogen-bond acceptors (Lipinski definition) is 1. The highest BCUT2D eigenvalue weighted by Crippen LogP contribution is 2.27. The number of rotatable bonds is 3. The quantitative estimate of drug-likeness (QED) is 0.574. The summed E-state index contributed by atoms with van der Waals surface area (Å²) in [6.07, 6.45) is 1.09. The Labute approximate surface area is 118 Å². The summed E-state index contributed by atoms with van der Waals surface area (Å²) in [5.74, 6) is 0. The minimum Gasteiger partial charge on any atom is -0.144 e. The highest BCUT2D eigenvalue weighted by molar-refractivity contribution is 7.13. The van der Waals surface area contributed by atoms with Crippen molar-refractivity contribution in [2.75, 3.05) is 0 Å². The van der Waals surface area contributed by atoms with Gasteiger partial charge in [0, 0.05) is 4.88 Å². The predicted octanol–water partition coefficient (Wildman–Crippen LogP) is 5.64. The van der Waals surface area contributed by atoms with Crippen LogP contribution in [-0.4, -0.2) is 0 Å². The molecule has 0 saturated carbocycles. The molecule has 1 aromatic heterocycles. The molecule has 0 amide bonds. The Hall–Kier alpha value is -1.86. The lowest BCUT2D eigenvalue weighted by molar-refractivity contribution is 1.14. The third-order valence-electron chi connectivity index (χ3n) is 3.39. The first-order valence-electron chi connectivity index (χ1n) is 6.60. The molecule has 1 heteroatoms. The fourth-order valence-corrected chi connectivity index (χ4v) is 2.94. The van der Waals surface area contributed by atoms with E-state index in [2.05, 4.69) is 73.0 Å². The summed E-state index contributed by atoms with van der Waals surface area (Å²) in [4.78, 5) is 1.33. The largest absolute Gasteiger partial charge is 0.144 e. The second-order valence-corrected chi connectivity index (χ2v) is 5.55. The lowest BCUT2D eigenvalue weighted by Crippen LogP contribution is -1.81. The topological polar surface area (TPSA) is 0 Å². The lowest BCUT2D eigenvalue weighted by atomic mass is 10.0. The predicted molar refractivity (Wildman–Crippen MR) is 84.6 cm³/mol. The molecule has 3 aromatic rings. The van der Waals surface area contributed by atoms with Gasteiger partial charge in [-0.25, -0.2) is 0 Å². The van der Waals surface area contributed by atoms with Crippen molar-refractivity contribution in [3.05, 3.63) is 71.6 Å². The average molecular weight is 264 g/mol. The molecule has 0 nitrogen and oxygen atoms in total. The summed E-state index contributed by atoms with van der Waals surface area (Å²) in [6.45, 7) is 2.19. The average Bonchev–Trinajstić information content (AvgIpc) is 3.02. The fraction of sp³-hybridized carbons (Fsp3) is 0.111. The summed E-state index contributed by atoms with van der Waals surface area (Å²) in [7, 11) is 0. The number of aryl methyl sites for hydroxylation is 1. The number of benzene rings is 2. The molecule has 0 aliphatic rings. The van der Waals surface area contributed by atoms with Crippen molar-refractivity contribution in [1.82, 2.24) is 0 Å². The normalized spacial score (nSPS) is 10.6. The molecule has 19 heavy (non-hydrogen) atoms. The van der Waals surface area contributed by atoms with Gasteiger partial charge in [0.15, 0.2) is 0 Å². The minimum absolute atomic E-state index is 1.09. The first-order chi connectivity index (χ1) is 9.36. The van der Waals surface area contributed by atoms with Gasteiger partial charge >= 0.3 is 0 Å². The maximum absolute atomic E-state index is 2.21. The van der Waals surface area contributed by atoms with Crippen molar-refractivity contribution in [1.29, 1.82) is 0 Å². The van der Waals surface area contributed by atoms with E-state index in [1.165, 1.54) is 27.1 Å². The molecule has 0 radical (unpaired) electrons. The molecule has 0 aliphatic heterocycles. The van der Waals surface area contributed by atoms with Crippen molar-refractivity contribution in [3.8, 4) is 21.6 Å². The highest BCUT2D eigenvalue weighted by atomic mass is 32.1. The smallest absolute Gasteiger partial charge is 0.0342 e. The van der Waals surface area contributed by atoms with E-state index in [0.29, 0.717) is 0 Å². The van der Waals surface area contributed by atoms with E-state index < -0.39 is 0 Å². The third-order valence-corrected chi connectivity index (χ3v) is 4.31. The maximum atomic E-state index is 2.21. The van der Waals surface area contributed by atoms with E-state index in [1.807, 2.05) is 0 Å². The van der Waals surface area contributed by atoms with Gasteiger partial charge in [-0.2, -0.15) is 0 Å². The zero-order valence-corrected chi connectivity index (χ0v) is 11.8. The summed E-state index contributed by atoms with van der Waals surface area (Å²) in [5, 5.41) is 2.12. The Morgan fingerprint density at radius 3 is 1.84 bits per heavy atom. The van der Waals surface area contributed by atoms with Crippen molar-refractivity contribution >= 4 is 11.3 Å². The van der Waals surface area contributed by atoms with E-state index in [0.717, 1.165) is 6.42 Å². The van der Waals surface area contributed by atoms with E-state index in [1.54, 1.807) is 11.3 Å². The van der Waals surface area contributed by atoms with Gasteiger partial charge in [-0.3, -0.25) is 0 Å². The lowest BCUT2D eigenvalue weighted by Gasteiger charge is -2.04. The van der Waals surface area contributed by atoms with Crippen LogP contribution in [0.1, 0.15) is 12.5 Å². The molecule has 0 bridgehead atoms. The van der Waals surface area contributed by atoms with Gasteiger partial charge in [0.05, 0.1) is 0 Å². The molecule has 2 aromatic carbocycles. The van der Waals surface area contributed by atoms with Crippen LogP contribution in [-0.2, 0) is 6.42 Å². The van der Waals surface area contributed by atoms with Crippen molar-refractivity contribution in [2.45, 2.75) is 13.3 Å². The Morgan fingerprint density at radius 2 is 1.32 bits per heavy atom. The number of hydrogen-bond donors (Lipinski definition) is 0. The summed E-state index contributed by atoms with van der Waals surface area (Å²) < 4.78 is 0. The van der Waals surface area contributed by atoms with Crippen LogP contribution in [0.25, 0.3) is 21.6 Å². The van der Waals surface area contributed by atoms with Crippen LogP contribution in [0.2, 0.25) is 0 Å². The molecule has 1 heterocycles. The molecule has 0 saturated heterocycles. The minimum atomic E-state index is 1.09.